The molecule has 0 saturated carbocycles. The van der Waals surface area contributed by atoms with Crippen LogP contribution in [0.25, 0.3) is 0 Å². The number of nitrogens with two attached hydrogens (primary N) is 1. The Kier molecular flexibility index (Phi) is 4.32. The largest absolute Gasteiger partial charge is 0.398 e. The van der Waals surface area contributed by atoms with Gasteiger partial charge in [-0.1, -0.05) is 23.2 Å². The second-order valence-corrected chi connectivity index (χ2v) is 7.01. The molecule has 5 nitrogen and oxygen atoms in total. The molecule has 0 unspecified atom stereocenters. The van der Waals surface area contributed by atoms with Gasteiger partial charge in [0.15, 0.2) is 5.15 Å². The molecule has 1 heterocycles. The van der Waals surface area contributed by atoms with E-state index in [1.54, 1.807) is 19.9 Å². The zero-order valence-corrected chi connectivity index (χ0v) is 13.6. The minimum atomic E-state index is -3.91. The number of hydrogen-bond acceptors (Lipinski definition) is 4. The number of aryl methyl sites for hydroxylation is 2. The first-order valence-corrected chi connectivity index (χ1v) is 8.15. The molecule has 8 heteroatoms. The molecule has 1 aromatic heterocycles. The summed E-state index contributed by atoms with van der Waals surface area (Å²) in [7, 11) is -3.91. The lowest BCUT2D eigenvalue weighted by molar-refractivity contribution is 0.601. The molecular formula is C13H13Cl2N3O2S. The summed E-state index contributed by atoms with van der Waals surface area (Å²) in [6.45, 7) is 3.52. The lowest BCUT2D eigenvalue weighted by Gasteiger charge is -2.12. The summed E-state index contributed by atoms with van der Waals surface area (Å²) in [6.07, 6.45) is 1.54. The minimum Gasteiger partial charge on any atom is -0.398 e. The van der Waals surface area contributed by atoms with Gasteiger partial charge >= 0.3 is 0 Å². The van der Waals surface area contributed by atoms with E-state index in [0.717, 1.165) is 5.56 Å². The van der Waals surface area contributed by atoms with Gasteiger partial charge in [0, 0.05) is 11.9 Å². The second-order valence-electron chi connectivity index (χ2n) is 4.60. The van der Waals surface area contributed by atoms with Crippen LogP contribution >= 0.6 is 23.2 Å². The Hall–Kier alpha value is -1.50. The van der Waals surface area contributed by atoms with E-state index in [1.165, 1.54) is 18.3 Å². The monoisotopic (exact) mass is 345 g/mol. The molecular weight excluding hydrogens is 333 g/mol. The van der Waals surface area contributed by atoms with E-state index in [0.29, 0.717) is 11.3 Å². The van der Waals surface area contributed by atoms with Gasteiger partial charge in [-0.2, -0.15) is 0 Å². The molecule has 0 spiro atoms. The summed E-state index contributed by atoms with van der Waals surface area (Å²) in [5.41, 5.74) is 7.75. The first kappa shape index (κ1) is 15.9. The lowest BCUT2D eigenvalue weighted by Crippen LogP contribution is -2.15. The molecule has 2 rings (SSSR count). The summed E-state index contributed by atoms with van der Waals surface area (Å²) in [5.74, 6) is 0. The van der Waals surface area contributed by atoms with Crippen LogP contribution in [0.4, 0.5) is 11.4 Å². The molecule has 0 aliphatic heterocycles. The molecule has 0 saturated heterocycles. The zero-order chi connectivity index (χ0) is 15.8. The van der Waals surface area contributed by atoms with Crippen molar-refractivity contribution >= 4 is 44.6 Å². The number of nitrogen functional groups attached to an aromatic ring is 1. The smallest absolute Gasteiger partial charge is 0.263 e. The third kappa shape index (κ3) is 3.40. The Balaban J connectivity index is 2.48. The number of hydrogen-bond donors (Lipinski definition) is 2. The van der Waals surface area contributed by atoms with E-state index in [-0.39, 0.29) is 20.8 Å². The summed E-state index contributed by atoms with van der Waals surface area (Å²) in [6, 6.07) is 4.40. The van der Waals surface area contributed by atoms with Gasteiger partial charge in [-0.3, -0.25) is 4.72 Å². The Morgan fingerprint density at radius 1 is 1.19 bits per heavy atom. The SMILES string of the molecule is Cc1cnc(Cl)c(NS(=O)(=O)c2cc(N)c(C)cc2Cl)c1. The number of halogens is 2. The summed E-state index contributed by atoms with van der Waals surface area (Å²) in [5, 5.41) is 0.145. The van der Waals surface area contributed by atoms with Gasteiger partial charge in [-0.05, 0) is 43.2 Å². The second kappa shape index (κ2) is 5.71. The first-order chi connectivity index (χ1) is 9.70. The quantitative estimate of drug-likeness (QED) is 0.659. The standard InChI is InChI=1S/C13H13Cl2N3O2S/c1-7-3-11(13(15)17-6-7)18-21(19,20)12-5-10(16)8(2)4-9(12)14/h3-6,18H,16H2,1-2H3. The van der Waals surface area contributed by atoms with Crippen molar-refractivity contribution in [2.24, 2.45) is 0 Å². The van der Waals surface area contributed by atoms with E-state index >= 15 is 0 Å². The average Bonchev–Trinajstić information content (AvgIpc) is 2.37. The highest BCUT2D eigenvalue weighted by Gasteiger charge is 2.20. The number of benzene rings is 1. The maximum atomic E-state index is 12.4. The lowest BCUT2D eigenvalue weighted by atomic mass is 10.2. The number of nitrogens with one attached hydrogen (secondary N) is 1. The van der Waals surface area contributed by atoms with E-state index in [1.807, 2.05) is 0 Å². The molecule has 0 aliphatic rings. The molecule has 0 aliphatic carbocycles. The van der Waals surface area contributed by atoms with Crippen LogP contribution in [0, 0.1) is 13.8 Å². The van der Waals surface area contributed by atoms with Crippen molar-refractivity contribution in [3.8, 4) is 0 Å². The van der Waals surface area contributed by atoms with Crippen LogP contribution in [0.15, 0.2) is 29.3 Å². The van der Waals surface area contributed by atoms with Gasteiger partial charge in [-0.15, -0.1) is 0 Å². The third-order valence-electron chi connectivity index (χ3n) is 2.83. The number of pyridine rings is 1. The van der Waals surface area contributed by atoms with Crippen LogP contribution < -0.4 is 10.5 Å². The molecule has 112 valence electrons. The average molecular weight is 346 g/mol. The maximum Gasteiger partial charge on any atom is 0.263 e. The fraction of sp³-hybridized carbons (Fsp3) is 0.154. The topological polar surface area (TPSA) is 85.1 Å². The first-order valence-electron chi connectivity index (χ1n) is 5.91. The molecule has 0 atom stereocenters. The van der Waals surface area contributed by atoms with Crippen LogP contribution in [0.1, 0.15) is 11.1 Å². The van der Waals surface area contributed by atoms with Crippen molar-refractivity contribution in [3.63, 3.8) is 0 Å². The maximum absolute atomic E-state index is 12.4. The molecule has 3 N–H and O–H groups in total. The minimum absolute atomic E-state index is 0.0559. The van der Waals surface area contributed by atoms with Crippen molar-refractivity contribution in [3.05, 3.63) is 45.7 Å². The van der Waals surface area contributed by atoms with Gasteiger partial charge in [0.2, 0.25) is 0 Å². The van der Waals surface area contributed by atoms with Gasteiger partial charge < -0.3 is 5.73 Å². The van der Waals surface area contributed by atoms with Crippen LogP contribution in [-0.4, -0.2) is 13.4 Å². The highest BCUT2D eigenvalue weighted by molar-refractivity contribution is 7.92. The Labute approximate surface area is 133 Å². The number of aromatic nitrogens is 1. The van der Waals surface area contributed by atoms with Crippen LogP contribution in [0.5, 0.6) is 0 Å². The third-order valence-corrected chi connectivity index (χ3v) is 4.96. The Bertz CT molecular complexity index is 807. The summed E-state index contributed by atoms with van der Waals surface area (Å²) < 4.78 is 27.2. The molecule has 0 fully saturated rings. The van der Waals surface area contributed by atoms with Crippen molar-refractivity contribution in [1.29, 1.82) is 0 Å². The number of rotatable bonds is 3. The molecule has 0 amide bonds. The summed E-state index contributed by atoms with van der Waals surface area (Å²) >= 11 is 11.9. The number of nitrogens with zero attached hydrogens (tertiary/aromatic N) is 1. The van der Waals surface area contributed by atoms with Gasteiger partial charge in [0.25, 0.3) is 10.0 Å². The van der Waals surface area contributed by atoms with Gasteiger partial charge in [0.1, 0.15) is 4.90 Å². The fourth-order valence-corrected chi connectivity index (χ4v) is 3.58. The predicted octanol–water partition coefficient (Wildman–Crippen LogP) is 3.39. The Morgan fingerprint density at radius 2 is 1.86 bits per heavy atom. The normalized spacial score (nSPS) is 11.4. The van der Waals surface area contributed by atoms with Crippen molar-refractivity contribution in [2.45, 2.75) is 18.7 Å². The fourth-order valence-electron chi connectivity index (χ4n) is 1.70. The van der Waals surface area contributed by atoms with Crippen molar-refractivity contribution in [1.82, 2.24) is 4.98 Å². The van der Waals surface area contributed by atoms with E-state index in [2.05, 4.69) is 9.71 Å². The van der Waals surface area contributed by atoms with E-state index in [4.69, 9.17) is 28.9 Å². The van der Waals surface area contributed by atoms with E-state index < -0.39 is 10.0 Å². The zero-order valence-electron chi connectivity index (χ0n) is 11.3. The molecule has 21 heavy (non-hydrogen) atoms. The molecule has 1 aromatic carbocycles. The van der Waals surface area contributed by atoms with Crippen LogP contribution in [0.2, 0.25) is 10.2 Å². The highest BCUT2D eigenvalue weighted by atomic mass is 35.5. The van der Waals surface area contributed by atoms with Crippen LogP contribution in [-0.2, 0) is 10.0 Å². The molecule has 2 aromatic rings. The highest BCUT2D eigenvalue weighted by Crippen LogP contribution is 2.30. The van der Waals surface area contributed by atoms with Gasteiger partial charge in [0.05, 0.1) is 10.7 Å². The molecule has 0 radical (unpaired) electrons. The van der Waals surface area contributed by atoms with Gasteiger partial charge in [-0.25, -0.2) is 13.4 Å². The number of anilines is 2. The van der Waals surface area contributed by atoms with E-state index in [9.17, 15) is 8.42 Å². The summed E-state index contributed by atoms with van der Waals surface area (Å²) in [4.78, 5) is 3.78. The van der Waals surface area contributed by atoms with Crippen molar-refractivity contribution in [2.75, 3.05) is 10.5 Å². The number of sulfonamides is 1. The molecule has 0 bridgehead atoms. The van der Waals surface area contributed by atoms with Crippen LogP contribution in [0.3, 0.4) is 0 Å². The van der Waals surface area contributed by atoms with Crippen molar-refractivity contribution < 1.29 is 8.42 Å². The predicted molar refractivity (Wildman–Crippen MR) is 85.4 cm³/mol. The Morgan fingerprint density at radius 3 is 2.52 bits per heavy atom.